The lowest BCUT2D eigenvalue weighted by atomic mass is 10.2. The first-order valence-corrected chi connectivity index (χ1v) is 7.34. The Morgan fingerprint density at radius 3 is 2.05 bits per heavy atom. The van der Waals surface area contributed by atoms with Crippen molar-refractivity contribution in [1.29, 1.82) is 0 Å². The monoisotopic (exact) mass is 282 g/mol. The molecular formula is C17H22N4+2. The summed E-state index contributed by atoms with van der Waals surface area (Å²) in [4.78, 5) is 0. The van der Waals surface area contributed by atoms with Crippen LogP contribution < -0.4 is 9.13 Å². The van der Waals surface area contributed by atoms with Crippen LogP contribution in [0.5, 0.6) is 0 Å². The maximum atomic E-state index is 2.30. The molecular weight excluding hydrogens is 260 g/mol. The van der Waals surface area contributed by atoms with Crippen LogP contribution in [0.15, 0.2) is 55.1 Å². The molecule has 0 aliphatic carbocycles. The summed E-state index contributed by atoms with van der Waals surface area (Å²) in [5, 5.41) is 0. The Kier molecular flexibility index (Phi) is 3.60. The molecule has 0 aliphatic heterocycles. The molecule has 21 heavy (non-hydrogen) atoms. The third-order valence-electron chi connectivity index (χ3n) is 3.89. The molecule has 0 aliphatic rings. The van der Waals surface area contributed by atoms with Crippen LogP contribution >= 0.6 is 0 Å². The predicted molar refractivity (Wildman–Crippen MR) is 81.4 cm³/mol. The van der Waals surface area contributed by atoms with E-state index in [-0.39, 0.29) is 0 Å². The average molecular weight is 282 g/mol. The SMILES string of the molecule is CCn1cc[n+](C)c1-c1n(Cc2ccccc2)cc[n+]1C. The summed E-state index contributed by atoms with van der Waals surface area (Å²) >= 11 is 0. The number of imidazole rings is 2. The summed E-state index contributed by atoms with van der Waals surface area (Å²) in [6.07, 6.45) is 8.51. The Bertz CT molecular complexity index is 737. The second-order valence-corrected chi connectivity index (χ2v) is 5.36. The van der Waals surface area contributed by atoms with E-state index >= 15 is 0 Å². The molecule has 0 saturated heterocycles. The molecule has 4 heteroatoms. The molecule has 3 aromatic rings. The summed E-state index contributed by atoms with van der Waals surface area (Å²) in [5.41, 5.74) is 1.31. The number of hydrogen-bond acceptors (Lipinski definition) is 0. The Hall–Kier alpha value is -2.36. The summed E-state index contributed by atoms with van der Waals surface area (Å²) < 4.78 is 8.94. The minimum Gasteiger partial charge on any atom is -0.226 e. The topological polar surface area (TPSA) is 17.6 Å². The van der Waals surface area contributed by atoms with Crippen molar-refractivity contribution in [3.05, 3.63) is 60.7 Å². The van der Waals surface area contributed by atoms with E-state index in [4.69, 9.17) is 0 Å². The highest BCUT2D eigenvalue weighted by molar-refractivity contribution is 5.37. The van der Waals surface area contributed by atoms with Crippen LogP contribution in [0.2, 0.25) is 0 Å². The molecule has 0 bridgehead atoms. The lowest BCUT2D eigenvalue weighted by Crippen LogP contribution is -2.38. The first kappa shape index (κ1) is 13.6. The fraction of sp³-hybridized carbons (Fsp3) is 0.294. The van der Waals surface area contributed by atoms with Gasteiger partial charge in [-0.2, -0.15) is 0 Å². The van der Waals surface area contributed by atoms with Gasteiger partial charge in [0.15, 0.2) is 0 Å². The van der Waals surface area contributed by atoms with E-state index in [2.05, 4.69) is 94.4 Å². The number of rotatable bonds is 4. The molecule has 2 heterocycles. The van der Waals surface area contributed by atoms with Gasteiger partial charge in [0.25, 0.3) is 0 Å². The van der Waals surface area contributed by atoms with Crippen molar-refractivity contribution in [3.8, 4) is 11.6 Å². The molecule has 3 rings (SSSR count). The molecule has 0 spiro atoms. The first-order valence-electron chi connectivity index (χ1n) is 7.34. The Labute approximate surface area is 125 Å². The highest BCUT2D eigenvalue weighted by atomic mass is 15.2. The van der Waals surface area contributed by atoms with Gasteiger partial charge < -0.3 is 0 Å². The Balaban J connectivity index is 2.07. The van der Waals surface area contributed by atoms with E-state index in [0.717, 1.165) is 13.1 Å². The molecule has 0 atom stereocenters. The molecule has 4 nitrogen and oxygen atoms in total. The van der Waals surface area contributed by atoms with Gasteiger partial charge in [-0.1, -0.05) is 30.3 Å². The number of aromatic nitrogens is 4. The van der Waals surface area contributed by atoms with Crippen LogP contribution in [0, 0.1) is 0 Å². The largest absolute Gasteiger partial charge is 0.373 e. The summed E-state index contributed by atoms with van der Waals surface area (Å²) in [7, 11) is 4.20. The second kappa shape index (κ2) is 5.56. The van der Waals surface area contributed by atoms with Crippen molar-refractivity contribution in [2.45, 2.75) is 20.0 Å². The minimum absolute atomic E-state index is 0.881. The van der Waals surface area contributed by atoms with Crippen molar-refractivity contribution in [2.75, 3.05) is 0 Å². The number of hydrogen-bond donors (Lipinski definition) is 0. The van der Waals surface area contributed by atoms with Gasteiger partial charge >= 0.3 is 11.6 Å². The quantitative estimate of drug-likeness (QED) is 0.648. The van der Waals surface area contributed by atoms with Crippen molar-refractivity contribution in [2.24, 2.45) is 14.1 Å². The number of nitrogens with zero attached hydrogens (tertiary/aromatic N) is 4. The predicted octanol–water partition coefficient (Wildman–Crippen LogP) is 1.67. The molecule has 0 saturated carbocycles. The van der Waals surface area contributed by atoms with E-state index in [1.54, 1.807) is 0 Å². The highest BCUT2D eigenvalue weighted by Crippen LogP contribution is 2.14. The van der Waals surface area contributed by atoms with E-state index in [1.807, 2.05) is 0 Å². The normalized spacial score (nSPS) is 11.0. The van der Waals surface area contributed by atoms with Gasteiger partial charge in [-0.3, -0.25) is 0 Å². The highest BCUT2D eigenvalue weighted by Gasteiger charge is 2.29. The van der Waals surface area contributed by atoms with Crippen LogP contribution in [0.3, 0.4) is 0 Å². The lowest BCUT2D eigenvalue weighted by molar-refractivity contribution is -0.690. The van der Waals surface area contributed by atoms with E-state index in [9.17, 15) is 0 Å². The van der Waals surface area contributed by atoms with Crippen LogP contribution in [-0.4, -0.2) is 9.13 Å². The van der Waals surface area contributed by atoms with E-state index < -0.39 is 0 Å². The Morgan fingerprint density at radius 1 is 0.857 bits per heavy atom. The second-order valence-electron chi connectivity index (χ2n) is 5.36. The van der Waals surface area contributed by atoms with Gasteiger partial charge in [0.05, 0.1) is 20.6 Å². The van der Waals surface area contributed by atoms with Crippen LogP contribution in [0.1, 0.15) is 12.5 Å². The van der Waals surface area contributed by atoms with Gasteiger partial charge in [-0.05, 0) is 12.5 Å². The lowest BCUT2D eigenvalue weighted by Gasteiger charge is -2.02. The first-order chi connectivity index (χ1) is 10.2. The molecule has 0 fully saturated rings. The molecule has 0 radical (unpaired) electrons. The summed E-state index contributed by atoms with van der Waals surface area (Å²) in [5.74, 6) is 2.44. The van der Waals surface area contributed by atoms with Gasteiger partial charge in [-0.15, -0.1) is 0 Å². The average Bonchev–Trinajstić information content (AvgIpc) is 3.03. The van der Waals surface area contributed by atoms with Crippen molar-refractivity contribution in [1.82, 2.24) is 9.13 Å². The van der Waals surface area contributed by atoms with Gasteiger partial charge in [-0.25, -0.2) is 18.3 Å². The molecule has 0 unspecified atom stereocenters. The van der Waals surface area contributed by atoms with Crippen LogP contribution in [0.4, 0.5) is 0 Å². The van der Waals surface area contributed by atoms with Crippen molar-refractivity contribution >= 4 is 0 Å². The van der Waals surface area contributed by atoms with Gasteiger partial charge in [0.2, 0.25) is 0 Å². The zero-order valence-electron chi connectivity index (χ0n) is 12.9. The fourth-order valence-electron chi connectivity index (χ4n) is 2.78. The number of benzene rings is 1. The smallest absolute Gasteiger partial charge is 0.226 e. The van der Waals surface area contributed by atoms with Gasteiger partial charge in [0.1, 0.15) is 31.3 Å². The van der Waals surface area contributed by atoms with E-state index in [0.29, 0.717) is 0 Å². The zero-order valence-corrected chi connectivity index (χ0v) is 12.9. The Morgan fingerprint density at radius 2 is 1.43 bits per heavy atom. The van der Waals surface area contributed by atoms with Crippen LogP contribution in [0.25, 0.3) is 11.6 Å². The standard InChI is InChI=1S/C17H22N4/c1-4-20-12-10-18(2)16(20)17-19(3)11-13-21(17)14-15-8-6-5-7-9-15/h5-13H,4,14H2,1-3H3/q+2. The minimum atomic E-state index is 0.881. The maximum absolute atomic E-state index is 2.30. The van der Waals surface area contributed by atoms with Gasteiger partial charge in [0, 0.05) is 0 Å². The molecule has 1 aromatic carbocycles. The molecule has 0 amide bonds. The zero-order chi connectivity index (χ0) is 14.8. The van der Waals surface area contributed by atoms with E-state index in [1.165, 1.54) is 17.2 Å². The van der Waals surface area contributed by atoms with Crippen LogP contribution in [-0.2, 0) is 27.2 Å². The van der Waals surface area contributed by atoms with Crippen molar-refractivity contribution in [3.63, 3.8) is 0 Å². The fourth-order valence-corrected chi connectivity index (χ4v) is 2.78. The van der Waals surface area contributed by atoms with Crippen molar-refractivity contribution < 1.29 is 9.13 Å². The molecule has 2 aromatic heterocycles. The third-order valence-corrected chi connectivity index (χ3v) is 3.89. The third kappa shape index (κ3) is 2.49. The molecule has 0 N–H and O–H groups in total. The molecule has 108 valence electrons. The maximum Gasteiger partial charge on any atom is 0.373 e. The summed E-state index contributed by atoms with van der Waals surface area (Å²) in [6, 6.07) is 10.6. The number of aryl methyl sites for hydroxylation is 3. The summed E-state index contributed by atoms with van der Waals surface area (Å²) in [6.45, 7) is 4.02.